The second-order valence-corrected chi connectivity index (χ2v) is 4.18. The zero-order valence-electron chi connectivity index (χ0n) is 9.08. The Kier molecular flexibility index (Phi) is 9.13. The van der Waals surface area contributed by atoms with Gasteiger partial charge in [0.25, 0.3) is 0 Å². The van der Waals surface area contributed by atoms with Crippen LogP contribution < -0.4 is 11.3 Å². The van der Waals surface area contributed by atoms with Crippen LogP contribution in [-0.2, 0) is 4.79 Å². The van der Waals surface area contributed by atoms with E-state index in [1.165, 1.54) is 0 Å². The molecule has 0 aromatic rings. The first-order valence-electron chi connectivity index (χ1n) is 5.04. The van der Waals surface area contributed by atoms with E-state index in [-0.39, 0.29) is 5.91 Å². The molecule has 14 heavy (non-hydrogen) atoms. The number of nitrogens with two attached hydrogens (primary N) is 1. The highest BCUT2D eigenvalue weighted by Crippen LogP contribution is 2.03. The lowest BCUT2D eigenvalue weighted by Crippen LogP contribution is -2.30. The van der Waals surface area contributed by atoms with Crippen LogP contribution >= 0.6 is 11.8 Å². The van der Waals surface area contributed by atoms with Crippen molar-refractivity contribution in [3.05, 3.63) is 0 Å². The molecule has 0 aliphatic rings. The monoisotopic (exact) mass is 219 g/mol. The molecule has 0 aromatic heterocycles. The number of rotatable bonds is 8. The van der Waals surface area contributed by atoms with E-state index < -0.39 is 0 Å². The molecule has 0 saturated carbocycles. The normalized spacial score (nSPS) is 10.6. The predicted octanol–water partition coefficient (Wildman–Crippen LogP) is 0.441. The van der Waals surface area contributed by atoms with E-state index in [9.17, 15) is 4.79 Å². The van der Waals surface area contributed by atoms with Gasteiger partial charge in [-0.05, 0) is 13.1 Å². The van der Waals surface area contributed by atoms with Crippen molar-refractivity contribution in [2.45, 2.75) is 20.3 Å². The maximum absolute atomic E-state index is 10.8. The van der Waals surface area contributed by atoms with Crippen molar-refractivity contribution in [2.24, 2.45) is 5.84 Å². The van der Waals surface area contributed by atoms with Crippen LogP contribution in [-0.4, -0.2) is 41.9 Å². The van der Waals surface area contributed by atoms with Crippen molar-refractivity contribution in [3.8, 4) is 0 Å². The first-order chi connectivity index (χ1) is 6.74. The minimum atomic E-state index is -0.0830. The van der Waals surface area contributed by atoms with E-state index in [1.54, 1.807) is 11.8 Å². The molecule has 4 nitrogen and oxygen atoms in total. The Hall–Kier alpha value is -0.260. The highest BCUT2D eigenvalue weighted by molar-refractivity contribution is 7.99. The first kappa shape index (κ1) is 13.7. The van der Waals surface area contributed by atoms with Crippen LogP contribution in [0.15, 0.2) is 0 Å². The van der Waals surface area contributed by atoms with Gasteiger partial charge in [0.15, 0.2) is 0 Å². The molecule has 0 unspecified atom stereocenters. The zero-order chi connectivity index (χ0) is 10.8. The molecule has 0 saturated heterocycles. The van der Waals surface area contributed by atoms with E-state index >= 15 is 0 Å². The Balaban J connectivity index is 3.24. The van der Waals surface area contributed by atoms with Gasteiger partial charge in [-0.15, -0.1) is 0 Å². The first-order valence-corrected chi connectivity index (χ1v) is 6.19. The van der Waals surface area contributed by atoms with Crippen molar-refractivity contribution >= 4 is 17.7 Å². The van der Waals surface area contributed by atoms with Gasteiger partial charge >= 0.3 is 0 Å². The molecular formula is C9H21N3OS. The summed E-state index contributed by atoms with van der Waals surface area (Å²) >= 11 is 1.80. The van der Waals surface area contributed by atoms with Gasteiger partial charge in [-0.2, -0.15) is 11.8 Å². The molecule has 0 aromatic carbocycles. The van der Waals surface area contributed by atoms with E-state index in [1.807, 2.05) is 0 Å². The fourth-order valence-corrected chi connectivity index (χ4v) is 1.99. The average molecular weight is 219 g/mol. The Morgan fingerprint density at radius 3 is 2.50 bits per heavy atom. The molecule has 3 N–H and O–H groups in total. The third-order valence-corrected chi connectivity index (χ3v) is 3.04. The number of carbonyl (C=O) groups excluding carboxylic acids is 1. The molecule has 84 valence electrons. The molecule has 0 aliphatic heterocycles. The number of thioether (sulfide) groups is 1. The third-order valence-electron chi connectivity index (χ3n) is 2.08. The van der Waals surface area contributed by atoms with E-state index in [0.717, 1.165) is 31.1 Å². The highest BCUT2D eigenvalue weighted by Gasteiger charge is 2.00. The van der Waals surface area contributed by atoms with Crippen LogP contribution in [0.25, 0.3) is 0 Å². The van der Waals surface area contributed by atoms with Crippen LogP contribution in [0.3, 0.4) is 0 Å². The van der Waals surface area contributed by atoms with E-state index in [0.29, 0.717) is 6.42 Å². The Bertz CT molecular complexity index is 151. The highest BCUT2D eigenvalue weighted by atomic mass is 32.2. The number of hydrazine groups is 1. The van der Waals surface area contributed by atoms with Gasteiger partial charge in [0, 0.05) is 24.5 Å². The molecule has 0 heterocycles. The standard InChI is InChI=1S/C9H21N3OS/c1-3-12(4-2)6-8-14-7-5-9(13)11-10/h3-8,10H2,1-2H3,(H,11,13). The summed E-state index contributed by atoms with van der Waals surface area (Å²) in [5.74, 6) is 6.81. The lowest BCUT2D eigenvalue weighted by atomic mass is 10.5. The summed E-state index contributed by atoms with van der Waals surface area (Å²) in [7, 11) is 0. The number of hydrogen-bond acceptors (Lipinski definition) is 4. The third kappa shape index (κ3) is 7.17. The number of nitrogens with zero attached hydrogens (tertiary/aromatic N) is 1. The average Bonchev–Trinajstić information content (AvgIpc) is 2.23. The van der Waals surface area contributed by atoms with Crippen LogP contribution in [0.5, 0.6) is 0 Å². The van der Waals surface area contributed by atoms with Gasteiger partial charge < -0.3 is 4.90 Å². The molecule has 0 atom stereocenters. The van der Waals surface area contributed by atoms with Gasteiger partial charge in [0.1, 0.15) is 0 Å². The molecule has 0 aliphatic carbocycles. The maximum atomic E-state index is 10.8. The Morgan fingerprint density at radius 2 is 2.00 bits per heavy atom. The van der Waals surface area contributed by atoms with E-state index in [4.69, 9.17) is 5.84 Å². The van der Waals surface area contributed by atoms with Crippen LogP contribution in [0.2, 0.25) is 0 Å². The summed E-state index contributed by atoms with van der Waals surface area (Å²) in [6.45, 7) is 7.62. The second-order valence-electron chi connectivity index (χ2n) is 2.96. The maximum Gasteiger partial charge on any atom is 0.234 e. The number of hydrogen-bond donors (Lipinski definition) is 2. The van der Waals surface area contributed by atoms with E-state index in [2.05, 4.69) is 24.2 Å². The smallest absolute Gasteiger partial charge is 0.234 e. The summed E-state index contributed by atoms with van der Waals surface area (Å²) in [5, 5.41) is 0. The molecule has 0 radical (unpaired) electrons. The molecule has 0 fully saturated rings. The van der Waals surface area contributed by atoms with Crippen molar-refractivity contribution in [1.82, 2.24) is 10.3 Å². The van der Waals surface area contributed by atoms with Crippen LogP contribution in [0.1, 0.15) is 20.3 Å². The predicted molar refractivity (Wildman–Crippen MR) is 62.1 cm³/mol. The summed E-state index contributed by atoms with van der Waals surface area (Å²) in [6.07, 6.45) is 0.513. The van der Waals surface area contributed by atoms with Crippen molar-refractivity contribution in [2.75, 3.05) is 31.1 Å². The van der Waals surface area contributed by atoms with Gasteiger partial charge in [0.2, 0.25) is 5.91 Å². The largest absolute Gasteiger partial charge is 0.303 e. The summed E-state index contributed by atoms with van der Waals surface area (Å²) < 4.78 is 0. The molecule has 0 rings (SSSR count). The fraction of sp³-hybridized carbons (Fsp3) is 0.889. The molecule has 5 heteroatoms. The topological polar surface area (TPSA) is 58.4 Å². The van der Waals surface area contributed by atoms with Gasteiger partial charge in [-0.3, -0.25) is 10.2 Å². The van der Waals surface area contributed by atoms with Crippen LogP contribution in [0, 0.1) is 0 Å². The number of nitrogens with one attached hydrogen (secondary N) is 1. The van der Waals surface area contributed by atoms with Crippen molar-refractivity contribution in [3.63, 3.8) is 0 Å². The zero-order valence-corrected chi connectivity index (χ0v) is 9.90. The molecule has 0 spiro atoms. The van der Waals surface area contributed by atoms with Crippen LogP contribution in [0.4, 0.5) is 0 Å². The minimum absolute atomic E-state index is 0.0830. The molecule has 0 bridgehead atoms. The lowest BCUT2D eigenvalue weighted by molar-refractivity contribution is -0.120. The SMILES string of the molecule is CCN(CC)CCSCCC(=O)NN. The molecular weight excluding hydrogens is 198 g/mol. The molecule has 1 amide bonds. The Morgan fingerprint density at radius 1 is 1.36 bits per heavy atom. The minimum Gasteiger partial charge on any atom is -0.303 e. The van der Waals surface area contributed by atoms with Gasteiger partial charge in [-0.1, -0.05) is 13.8 Å². The Labute approximate surface area is 90.6 Å². The lowest BCUT2D eigenvalue weighted by Gasteiger charge is -2.17. The summed E-state index contributed by atoms with van der Waals surface area (Å²) in [5.41, 5.74) is 2.12. The van der Waals surface area contributed by atoms with Gasteiger partial charge in [-0.25, -0.2) is 5.84 Å². The second kappa shape index (κ2) is 9.30. The summed E-state index contributed by atoms with van der Waals surface area (Å²) in [6, 6.07) is 0. The summed E-state index contributed by atoms with van der Waals surface area (Å²) in [4.78, 5) is 13.1. The quantitative estimate of drug-likeness (QED) is 0.269. The van der Waals surface area contributed by atoms with Crippen molar-refractivity contribution in [1.29, 1.82) is 0 Å². The van der Waals surface area contributed by atoms with Crippen molar-refractivity contribution < 1.29 is 4.79 Å². The number of amides is 1. The fourth-order valence-electron chi connectivity index (χ4n) is 1.07. The number of carbonyl (C=O) groups is 1. The van der Waals surface area contributed by atoms with Gasteiger partial charge in [0.05, 0.1) is 0 Å².